The van der Waals surface area contributed by atoms with Crippen molar-refractivity contribution in [3.05, 3.63) is 72.3 Å². The van der Waals surface area contributed by atoms with Crippen LogP contribution in [0.1, 0.15) is 48.9 Å². The predicted molar refractivity (Wildman–Crippen MR) is 113 cm³/mol. The van der Waals surface area contributed by atoms with E-state index in [1.54, 1.807) is 12.4 Å². The molecular weight excluding hydrogens is 381 g/mol. The van der Waals surface area contributed by atoms with Crippen LogP contribution in [0.2, 0.25) is 0 Å². The molecule has 0 atom stereocenters. The molecule has 0 aliphatic heterocycles. The highest BCUT2D eigenvalue weighted by atomic mass is 19.1. The van der Waals surface area contributed by atoms with Gasteiger partial charge in [0.05, 0.1) is 0 Å². The molecule has 5 nitrogen and oxygen atoms in total. The maximum absolute atomic E-state index is 13.0. The van der Waals surface area contributed by atoms with Crippen molar-refractivity contribution >= 4 is 5.91 Å². The zero-order valence-corrected chi connectivity index (χ0v) is 16.7. The number of aromatic nitrogens is 2. The molecule has 6 heteroatoms. The van der Waals surface area contributed by atoms with E-state index in [-0.39, 0.29) is 23.8 Å². The fourth-order valence-electron chi connectivity index (χ4n) is 3.66. The number of benzene rings is 2. The third kappa shape index (κ3) is 5.20. The van der Waals surface area contributed by atoms with E-state index in [4.69, 9.17) is 4.74 Å². The minimum atomic E-state index is -0.332. The average molecular weight is 405 g/mol. The van der Waals surface area contributed by atoms with E-state index >= 15 is 0 Å². The second kappa shape index (κ2) is 9.48. The van der Waals surface area contributed by atoms with Gasteiger partial charge in [-0.05, 0) is 54.8 Å². The van der Waals surface area contributed by atoms with Gasteiger partial charge < -0.3 is 10.1 Å². The minimum Gasteiger partial charge on any atom is -0.424 e. The normalized spacial score (nSPS) is 14.7. The number of hydrogen-bond donors (Lipinski definition) is 1. The molecular formula is C24H24FN3O2. The Bertz CT molecular complexity index is 982. The zero-order chi connectivity index (χ0) is 20.8. The van der Waals surface area contributed by atoms with Crippen LogP contribution in [0.5, 0.6) is 11.8 Å². The van der Waals surface area contributed by atoms with Crippen LogP contribution in [0.15, 0.2) is 60.9 Å². The van der Waals surface area contributed by atoms with Crippen molar-refractivity contribution < 1.29 is 13.9 Å². The van der Waals surface area contributed by atoms with E-state index in [0.29, 0.717) is 11.3 Å². The SMILES string of the molecule is O=C(NC1CCCCCC1)c1cccc(-c2cnc(Oc3ccc(F)cc3)nc2)c1. The molecule has 0 radical (unpaired) electrons. The summed E-state index contributed by atoms with van der Waals surface area (Å²) in [5, 5.41) is 3.18. The maximum Gasteiger partial charge on any atom is 0.321 e. The zero-order valence-electron chi connectivity index (χ0n) is 16.7. The predicted octanol–water partition coefficient (Wildman–Crippen LogP) is 5.53. The van der Waals surface area contributed by atoms with Crippen LogP contribution < -0.4 is 10.1 Å². The first-order valence-corrected chi connectivity index (χ1v) is 10.3. The standard InChI is InChI=1S/C24H24FN3O2/c25-20-10-12-22(13-11-20)30-24-26-15-19(16-27-24)17-6-5-7-18(14-17)23(29)28-21-8-3-1-2-4-9-21/h5-7,10-16,21H,1-4,8-9H2,(H,28,29). The molecule has 1 amide bonds. The molecule has 1 fully saturated rings. The van der Waals surface area contributed by atoms with E-state index in [1.165, 1.54) is 49.9 Å². The summed E-state index contributed by atoms with van der Waals surface area (Å²) in [6, 6.07) is 13.6. The summed E-state index contributed by atoms with van der Waals surface area (Å²) >= 11 is 0. The highest BCUT2D eigenvalue weighted by Gasteiger charge is 2.16. The van der Waals surface area contributed by atoms with Crippen molar-refractivity contribution in [1.82, 2.24) is 15.3 Å². The second-order valence-electron chi connectivity index (χ2n) is 7.55. The van der Waals surface area contributed by atoms with Crippen molar-refractivity contribution in [2.75, 3.05) is 0 Å². The molecule has 4 rings (SSSR count). The Kier molecular flexibility index (Phi) is 6.32. The fourth-order valence-corrected chi connectivity index (χ4v) is 3.66. The summed E-state index contributed by atoms with van der Waals surface area (Å²) in [4.78, 5) is 21.1. The highest BCUT2D eigenvalue weighted by Crippen LogP contribution is 2.23. The number of rotatable bonds is 5. The lowest BCUT2D eigenvalue weighted by Crippen LogP contribution is -2.34. The second-order valence-corrected chi connectivity index (χ2v) is 7.55. The number of carbonyl (C=O) groups is 1. The first-order valence-electron chi connectivity index (χ1n) is 10.3. The monoisotopic (exact) mass is 405 g/mol. The Labute approximate surface area is 175 Å². The van der Waals surface area contributed by atoms with Crippen LogP contribution in [0.25, 0.3) is 11.1 Å². The highest BCUT2D eigenvalue weighted by molar-refractivity contribution is 5.95. The van der Waals surface area contributed by atoms with Gasteiger partial charge >= 0.3 is 6.01 Å². The molecule has 1 heterocycles. The summed E-state index contributed by atoms with van der Waals surface area (Å²) in [6.45, 7) is 0. The third-order valence-corrected chi connectivity index (χ3v) is 5.30. The number of nitrogens with one attached hydrogen (secondary N) is 1. The van der Waals surface area contributed by atoms with Crippen LogP contribution in [-0.4, -0.2) is 21.9 Å². The van der Waals surface area contributed by atoms with Crippen molar-refractivity contribution in [3.8, 4) is 22.9 Å². The van der Waals surface area contributed by atoms with Gasteiger partial charge in [0.25, 0.3) is 5.91 Å². The largest absolute Gasteiger partial charge is 0.424 e. The number of ether oxygens (including phenoxy) is 1. The molecule has 0 bridgehead atoms. The van der Waals surface area contributed by atoms with Gasteiger partial charge in [-0.3, -0.25) is 4.79 Å². The number of hydrogen-bond acceptors (Lipinski definition) is 4. The van der Waals surface area contributed by atoms with Gasteiger partial charge in [0.1, 0.15) is 11.6 Å². The lowest BCUT2D eigenvalue weighted by Gasteiger charge is -2.16. The fraction of sp³-hybridized carbons (Fsp3) is 0.292. The van der Waals surface area contributed by atoms with Gasteiger partial charge in [0.15, 0.2) is 0 Å². The van der Waals surface area contributed by atoms with Crippen molar-refractivity contribution in [3.63, 3.8) is 0 Å². The van der Waals surface area contributed by atoms with Crippen molar-refractivity contribution in [2.45, 2.75) is 44.6 Å². The summed E-state index contributed by atoms with van der Waals surface area (Å²) < 4.78 is 18.5. The molecule has 0 saturated heterocycles. The lowest BCUT2D eigenvalue weighted by molar-refractivity contribution is 0.0933. The summed E-state index contributed by atoms with van der Waals surface area (Å²) in [5.41, 5.74) is 2.27. The summed E-state index contributed by atoms with van der Waals surface area (Å²) in [6.07, 6.45) is 10.3. The first kappa shape index (κ1) is 20.0. The number of nitrogens with zero attached hydrogens (tertiary/aromatic N) is 2. The topological polar surface area (TPSA) is 64.1 Å². The van der Waals surface area contributed by atoms with E-state index in [1.807, 2.05) is 24.3 Å². The molecule has 1 N–H and O–H groups in total. The lowest BCUT2D eigenvalue weighted by atomic mass is 10.0. The van der Waals surface area contributed by atoms with E-state index in [0.717, 1.165) is 24.0 Å². The molecule has 1 saturated carbocycles. The summed E-state index contributed by atoms with van der Waals surface area (Å²) in [5.74, 6) is 0.0869. The van der Waals surface area contributed by atoms with Crippen LogP contribution in [0.4, 0.5) is 4.39 Å². The Morgan fingerprint density at radius 1 is 0.933 bits per heavy atom. The van der Waals surface area contributed by atoms with Gasteiger partial charge in [-0.1, -0.05) is 37.8 Å². The third-order valence-electron chi connectivity index (χ3n) is 5.30. The van der Waals surface area contributed by atoms with E-state index in [2.05, 4.69) is 15.3 Å². The quantitative estimate of drug-likeness (QED) is 0.567. The van der Waals surface area contributed by atoms with Gasteiger partial charge in [0, 0.05) is 29.6 Å². The van der Waals surface area contributed by atoms with Gasteiger partial charge in [-0.2, -0.15) is 0 Å². The molecule has 154 valence electrons. The molecule has 0 spiro atoms. The molecule has 1 aromatic heterocycles. The minimum absolute atomic E-state index is 0.0408. The Balaban J connectivity index is 1.43. The molecule has 3 aromatic rings. The number of halogens is 1. The molecule has 1 aliphatic carbocycles. The van der Waals surface area contributed by atoms with Crippen LogP contribution in [0, 0.1) is 5.82 Å². The molecule has 1 aliphatic rings. The first-order chi connectivity index (χ1) is 14.7. The van der Waals surface area contributed by atoms with Crippen molar-refractivity contribution in [2.24, 2.45) is 0 Å². The average Bonchev–Trinajstić information content (AvgIpc) is 3.05. The Morgan fingerprint density at radius 3 is 2.33 bits per heavy atom. The molecule has 2 aromatic carbocycles. The molecule has 30 heavy (non-hydrogen) atoms. The van der Waals surface area contributed by atoms with Crippen LogP contribution in [0.3, 0.4) is 0 Å². The Hall–Kier alpha value is -3.28. The van der Waals surface area contributed by atoms with Gasteiger partial charge in [-0.15, -0.1) is 0 Å². The van der Waals surface area contributed by atoms with Gasteiger partial charge in [-0.25, -0.2) is 14.4 Å². The number of carbonyl (C=O) groups excluding carboxylic acids is 1. The molecule has 0 unspecified atom stereocenters. The van der Waals surface area contributed by atoms with Crippen molar-refractivity contribution in [1.29, 1.82) is 0 Å². The van der Waals surface area contributed by atoms with Crippen LogP contribution in [-0.2, 0) is 0 Å². The smallest absolute Gasteiger partial charge is 0.321 e. The number of amides is 1. The summed E-state index contributed by atoms with van der Waals surface area (Å²) in [7, 11) is 0. The van der Waals surface area contributed by atoms with Crippen LogP contribution >= 0.6 is 0 Å². The van der Waals surface area contributed by atoms with E-state index in [9.17, 15) is 9.18 Å². The maximum atomic E-state index is 13.0. The van der Waals surface area contributed by atoms with Gasteiger partial charge in [0.2, 0.25) is 0 Å². The Morgan fingerprint density at radius 2 is 1.63 bits per heavy atom. The van der Waals surface area contributed by atoms with E-state index < -0.39 is 0 Å².